The van der Waals surface area contributed by atoms with Crippen LogP contribution in [0, 0.1) is 26.3 Å². The molecule has 1 N–H and O–H groups in total. The van der Waals surface area contributed by atoms with Gasteiger partial charge in [-0.25, -0.2) is 0 Å². The van der Waals surface area contributed by atoms with Gasteiger partial charge in [-0.15, -0.1) is 0 Å². The molecule has 2 rings (SSSR count). The van der Waals surface area contributed by atoms with Crippen molar-refractivity contribution in [3.63, 3.8) is 0 Å². The standard InChI is InChI=1S/C12H8N3O4/c16-14(17)10-6-7-11(12(8-10)15(18)19)13-9-4-2-1-3-5-9/h1-4,6-8,13H. The normalized spacial score (nSPS) is 9.89. The lowest BCUT2D eigenvalue weighted by Gasteiger charge is -2.06. The van der Waals surface area contributed by atoms with Gasteiger partial charge in [0.1, 0.15) is 5.69 Å². The molecule has 0 spiro atoms. The SMILES string of the molecule is O=[N+]([O-])c1ccc(Nc2[c]cccc2)c([N+](=O)[O-])c1. The number of nitro benzene ring substituents is 2. The van der Waals surface area contributed by atoms with Gasteiger partial charge in [-0.2, -0.15) is 0 Å². The van der Waals surface area contributed by atoms with Crippen molar-refractivity contribution in [1.29, 1.82) is 0 Å². The van der Waals surface area contributed by atoms with E-state index in [1.165, 1.54) is 12.1 Å². The lowest BCUT2D eigenvalue weighted by molar-refractivity contribution is -0.393. The van der Waals surface area contributed by atoms with E-state index in [2.05, 4.69) is 11.4 Å². The van der Waals surface area contributed by atoms with Crippen molar-refractivity contribution in [1.82, 2.24) is 0 Å². The number of nitrogens with zero attached hydrogens (tertiary/aromatic N) is 2. The largest absolute Gasteiger partial charge is 0.349 e. The Kier molecular flexibility index (Phi) is 3.37. The average molecular weight is 258 g/mol. The number of hydrogen-bond donors (Lipinski definition) is 1. The van der Waals surface area contributed by atoms with Gasteiger partial charge in [0.15, 0.2) is 0 Å². The van der Waals surface area contributed by atoms with E-state index in [0.717, 1.165) is 6.07 Å². The van der Waals surface area contributed by atoms with E-state index in [4.69, 9.17) is 0 Å². The van der Waals surface area contributed by atoms with Crippen LogP contribution in [0.1, 0.15) is 0 Å². The molecule has 0 unspecified atom stereocenters. The summed E-state index contributed by atoms with van der Waals surface area (Å²) in [4.78, 5) is 20.2. The molecule has 1 radical (unpaired) electrons. The Balaban J connectivity index is 2.40. The van der Waals surface area contributed by atoms with E-state index in [1.54, 1.807) is 24.3 Å². The summed E-state index contributed by atoms with van der Waals surface area (Å²) in [5, 5.41) is 24.3. The molecular weight excluding hydrogens is 250 g/mol. The first-order valence-electron chi connectivity index (χ1n) is 5.24. The van der Waals surface area contributed by atoms with Crippen LogP contribution in [0.2, 0.25) is 0 Å². The van der Waals surface area contributed by atoms with Gasteiger partial charge in [0.05, 0.1) is 15.9 Å². The summed E-state index contributed by atoms with van der Waals surface area (Å²) in [7, 11) is 0. The van der Waals surface area contributed by atoms with Crippen molar-refractivity contribution in [3.8, 4) is 0 Å². The van der Waals surface area contributed by atoms with Gasteiger partial charge in [-0.05, 0) is 12.1 Å². The Morgan fingerprint density at radius 3 is 2.42 bits per heavy atom. The number of anilines is 2. The van der Waals surface area contributed by atoms with Crippen molar-refractivity contribution in [2.75, 3.05) is 5.32 Å². The first-order chi connectivity index (χ1) is 9.08. The van der Waals surface area contributed by atoms with Crippen LogP contribution in [-0.4, -0.2) is 9.85 Å². The molecular formula is C12H8N3O4. The monoisotopic (exact) mass is 258 g/mol. The van der Waals surface area contributed by atoms with Crippen molar-refractivity contribution in [3.05, 3.63) is 68.8 Å². The molecule has 0 saturated heterocycles. The van der Waals surface area contributed by atoms with Crippen LogP contribution in [0.25, 0.3) is 0 Å². The molecule has 0 aliphatic carbocycles. The van der Waals surface area contributed by atoms with Crippen LogP contribution in [0.4, 0.5) is 22.7 Å². The molecule has 19 heavy (non-hydrogen) atoms. The van der Waals surface area contributed by atoms with E-state index >= 15 is 0 Å². The zero-order chi connectivity index (χ0) is 13.8. The van der Waals surface area contributed by atoms with Crippen LogP contribution < -0.4 is 5.32 Å². The highest BCUT2D eigenvalue weighted by Gasteiger charge is 2.19. The highest BCUT2D eigenvalue weighted by molar-refractivity contribution is 5.71. The predicted molar refractivity (Wildman–Crippen MR) is 68.3 cm³/mol. The smallest absolute Gasteiger partial charge is 0.299 e. The minimum Gasteiger partial charge on any atom is -0.349 e. The molecule has 0 heterocycles. The minimum atomic E-state index is -0.675. The van der Waals surface area contributed by atoms with Crippen molar-refractivity contribution in [2.24, 2.45) is 0 Å². The Labute approximate surface area is 107 Å². The average Bonchev–Trinajstić information content (AvgIpc) is 2.39. The quantitative estimate of drug-likeness (QED) is 0.671. The second-order valence-electron chi connectivity index (χ2n) is 3.62. The fourth-order valence-electron chi connectivity index (χ4n) is 1.51. The highest BCUT2D eigenvalue weighted by Crippen LogP contribution is 2.30. The van der Waals surface area contributed by atoms with Crippen LogP contribution in [0.15, 0.2) is 42.5 Å². The number of hydrogen-bond acceptors (Lipinski definition) is 5. The number of nitro groups is 2. The molecule has 0 amide bonds. The Morgan fingerprint density at radius 2 is 1.84 bits per heavy atom. The van der Waals surface area contributed by atoms with E-state index in [9.17, 15) is 20.2 Å². The summed E-state index contributed by atoms with van der Waals surface area (Å²) in [6, 6.07) is 13.1. The molecule has 7 nitrogen and oxygen atoms in total. The van der Waals surface area contributed by atoms with Gasteiger partial charge in [-0.3, -0.25) is 20.2 Å². The van der Waals surface area contributed by atoms with Crippen molar-refractivity contribution >= 4 is 22.7 Å². The van der Waals surface area contributed by atoms with Crippen molar-refractivity contribution < 1.29 is 9.85 Å². The van der Waals surface area contributed by atoms with Crippen LogP contribution in [0.5, 0.6) is 0 Å². The van der Waals surface area contributed by atoms with Crippen LogP contribution in [0.3, 0.4) is 0 Å². The number of benzene rings is 2. The molecule has 0 aromatic heterocycles. The molecule has 7 heteroatoms. The summed E-state index contributed by atoms with van der Waals surface area (Å²) in [6.07, 6.45) is 0. The topological polar surface area (TPSA) is 98.3 Å². The maximum Gasteiger partial charge on any atom is 0.299 e. The molecule has 0 aliphatic rings. The third-order valence-corrected chi connectivity index (χ3v) is 2.37. The Bertz CT molecular complexity index is 628. The van der Waals surface area contributed by atoms with Gasteiger partial charge in [0.2, 0.25) is 0 Å². The van der Waals surface area contributed by atoms with E-state index in [1.807, 2.05) is 0 Å². The Hall–Kier alpha value is -2.96. The number of non-ortho nitro benzene ring substituents is 1. The van der Waals surface area contributed by atoms with Gasteiger partial charge in [0, 0.05) is 17.8 Å². The summed E-state index contributed by atoms with van der Waals surface area (Å²) < 4.78 is 0. The maximum absolute atomic E-state index is 10.9. The molecule has 0 saturated carbocycles. The number of nitrogens with one attached hydrogen (secondary N) is 1. The number of para-hydroxylation sites is 1. The maximum atomic E-state index is 10.9. The fraction of sp³-hybridized carbons (Fsp3) is 0. The van der Waals surface area contributed by atoms with Gasteiger partial charge < -0.3 is 5.32 Å². The summed E-state index contributed by atoms with van der Waals surface area (Å²) in [5.74, 6) is 0. The predicted octanol–water partition coefficient (Wildman–Crippen LogP) is 3.05. The Morgan fingerprint density at radius 1 is 1.05 bits per heavy atom. The lowest BCUT2D eigenvalue weighted by Crippen LogP contribution is -1.98. The van der Waals surface area contributed by atoms with Gasteiger partial charge in [0.25, 0.3) is 11.4 Å². The third-order valence-electron chi connectivity index (χ3n) is 2.37. The molecule has 0 atom stereocenters. The summed E-state index contributed by atoms with van der Waals surface area (Å²) >= 11 is 0. The second-order valence-corrected chi connectivity index (χ2v) is 3.62. The molecule has 2 aromatic rings. The van der Waals surface area contributed by atoms with E-state index in [-0.39, 0.29) is 17.1 Å². The molecule has 0 aliphatic heterocycles. The fourth-order valence-corrected chi connectivity index (χ4v) is 1.51. The summed E-state index contributed by atoms with van der Waals surface area (Å²) in [6.45, 7) is 0. The zero-order valence-corrected chi connectivity index (χ0v) is 9.57. The molecule has 0 bridgehead atoms. The second kappa shape index (κ2) is 5.13. The molecule has 2 aromatic carbocycles. The van der Waals surface area contributed by atoms with Gasteiger partial charge >= 0.3 is 0 Å². The van der Waals surface area contributed by atoms with E-state index in [0.29, 0.717) is 5.69 Å². The number of rotatable bonds is 4. The highest BCUT2D eigenvalue weighted by atomic mass is 16.6. The minimum absolute atomic E-state index is 0.179. The third kappa shape index (κ3) is 2.83. The first-order valence-corrected chi connectivity index (χ1v) is 5.24. The first kappa shape index (κ1) is 12.5. The molecule has 95 valence electrons. The lowest BCUT2D eigenvalue weighted by atomic mass is 10.2. The zero-order valence-electron chi connectivity index (χ0n) is 9.57. The van der Waals surface area contributed by atoms with Crippen LogP contribution in [-0.2, 0) is 0 Å². The molecule has 0 fully saturated rings. The van der Waals surface area contributed by atoms with Gasteiger partial charge in [-0.1, -0.05) is 18.2 Å². The van der Waals surface area contributed by atoms with Crippen molar-refractivity contribution in [2.45, 2.75) is 0 Å². The van der Waals surface area contributed by atoms with Crippen LogP contribution >= 0.6 is 0 Å². The summed E-state index contributed by atoms with van der Waals surface area (Å²) in [5.41, 5.74) is 0.0400. The van der Waals surface area contributed by atoms with E-state index < -0.39 is 9.85 Å².